The Morgan fingerprint density at radius 1 is 0.652 bits per heavy atom. The van der Waals surface area contributed by atoms with E-state index in [0.29, 0.717) is 0 Å². The van der Waals surface area contributed by atoms with Crippen LogP contribution in [0.2, 0.25) is 0 Å². The van der Waals surface area contributed by atoms with Gasteiger partial charge in [-0.3, -0.25) is 0 Å². The summed E-state index contributed by atoms with van der Waals surface area (Å²) in [7, 11) is 5.74. The van der Waals surface area contributed by atoms with Gasteiger partial charge in [0.1, 0.15) is 0 Å². The van der Waals surface area contributed by atoms with Crippen LogP contribution in [-0.2, 0) is 6.16 Å². The van der Waals surface area contributed by atoms with Crippen molar-refractivity contribution in [1.82, 2.24) is 0 Å². The minimum absolute atomic E-state index is 0.918. The molecule has 2 heteroatoms. The maximum Gasteiger partial charge on any atom is -0.00308 e. The first-order chi connectivity index (χ1) is 11.3. The molecule has 0 fully saturated rings. The lowest BCUT2D eigenvalue weighted by atomic mass is 9.96. The zero-order chi connectivity index (χ0) is 16.1. The molecule has 0 spiro atoms. The molecule has 0 saturated heterocycles. The SMILES string of the molecule is PCc1ccccccccc1-c1c(P)ccc2ccccc12. The third-order valence-corrected chi connectivity index (χ3v) is 4.83. The summed E-state index contributed by atoms with van der Waals surface area (Å²) >= 11 is 0. The Morgan fingerprint density at radius 3 is 2.09 bits per heavy atom. The molecule has 114 valence electrons. The molecular formula is C21H20P2. The Kier molecular flexibility index (Phi) is 5.39. The van der Waals surface area contributed by atoms with Crippen LogP contribution in [0.15, 0.2) is 84.9 Å². The standard InChI is InChI=1S/C21H20P2/c22-15-17-10-5-3-1-2-4-6-11-19(17)21-18-12-8-7-9-16(18)13-14-20(21)23/h1-14H,15,22-23H2. The van der Waals surface area contributed by atoms with Gasteiger partial charge in [-0.25, -0.2) is 0 Å². The minimum atomic E-state index is 0.918. The molecule has 23 heavy (non-hydrogen) atoms. The normalized spacial score (nSPS) is 10.3. The third-order valence-electron chi connectivity index (χ3n) is 3.91. The Morgan fingerprint density at radius 2 is 1.30 bits per heavy atom. The van der Waals surface area contributed by atoms with Crippen molar-refractivity contribution in [3.8, 4) is 11.1 Å². The van der Waals surface area contributed by atoms with Crippen molar-refractivity contribution in [2.24, 2.45) is 0 Å². The monoisotopic (exact) mass is 334 g/mol. The first-order valence-corrected chi connectivity index (χ1v) is 9.09. The largest absolute Gasteiger partial charge is 0.133 e. The van der Waals surface area contributed by atoms with Crippen molar-refractivity contribution in [2.75, 3.05) is 0 Å². The van der Waals surface area contributed by atoms with Gasteiger partial charge in [0.05, 0.1) is 0 Å². The molecule has 0 saturated carbocycles. The lowest BCUT2D eigenvalue weighted by Gasteiger charge is -2.13. The summed E-state index contributed by atoms with van der Waals surface area (Å²) in [6.45, 7) is 0. The second kappa shape index (κ2) is 7.69. The van der Waals surface area contributed by atoms with E-state index in [9.17, 15) is 0 Å². The van der Waals surface area contributed by atoms with E-state index in [2.05, 4.69) is 97.3 Å². The molecule has 0 aliphatic rings. The summed E-state index contributed by atoms with van der Waals surface area (Å²) in [6.07, 6.45) is 0.918. The Bertz CT molecular complexity index is 883. The molecule has 0 aliphatic carbocycles. The van der Waals surface area contributed by atoms with E-state index >= 15 is 0 Å². The first-order valence-electron chi connectivity index (χ1n) is 7.70. The van der Waals surface area contributed by atoms with E-state index in [1.807, 2.05) is 6.07 Å². The lowest BCUT2D eigenvalue weighted by Crippen LogP contribution is -1.99. The summed E-state index contributed by atoms with van der Waals surface area (Å²) < 4.78 is 0. The Hall–Kier alpha value is -1.74. The van der Waals surface area contributed by atoms with Crippen LogP contribution >= 0.6 is 18.5 Å². The highest BCUT2D eigenvalue weighted by Crippen LogP contribution is 2.31. The van der Waals surface area contributed by atoms with E-state index in [0.717, 1.165) is 6.16 Å². The maximum atomic E-state index is 2.89. The minimum Gasteiger partial charge on any atom is -0.133 e. The predicted octanol–water partition coefficient (Wildman–Crippen LogP) is 5.51. The van der Waals surface area contributed by atoms with Crippen molar-refractivity contribution >= 4 is 34.6 Å². The summed E-state index contributed by atoms with van der Waals surface area (Å²) in [6, 6.07) is 29.8. The van der Waals surface area contributed by atoms with Crippen LogP contribution in [0.1, 0.15) is 5.56 Å². The highest BCUT2D eigenvalue weighted by Gasteiger charge is 2.09. The van der Waals surface area contributed by atoms with Crippen LogP contribution in [0.3, 0.4) is 0 Å². The highest BCUT2D eigenvalue weighted by molar-refractivity contribution is 7.28. The molecule has 2 atom stereocenters. The number of hydrogen-bond acceptors (Lipinski definition) is 0. The van der Waals surface area contributed by atoms with Crippen molar-refractivity contribution < 1.29 is 0 Å². The third kappa shape index (κ3) is 3.61. The van der Waals surface area contributed by atoms with Crippen molar-refractivity contribution in [1.29, 1.82) is 0 Å². The van der Waals surface area contributed by atoms with E-state index in [4.69, 9.17) is 0 Å². The Labute approximate surface area is 142 Å². The van der Waals surface area contributed by atoms with Crippen molar-refractivity contribution in [2.45, 2.75) is 6.16 Å². The molecule has 0 nitrogen and oxygen atoms in total. The van der Waals surface area contributed by atoms with Gasteiger partial charge in [0.25, 0.3) is 0 Å². The molecule has 0 amide bonds. The van der Waals surface area contributed by atoms with Gasteiger partial charge in [0.2, 0.25) is 0 Å². The molecule has 0 radical (unpaired) electrons. The molecule has 3 aromatic rings. The summed E-state index contributed by atoms with van der Waals surface area (Å²) in [5.74, 6) is 0. The molecule has 3 aromatic carbocycles. The summed E-state index contributed by atoms with van der Waals surface area (Å²) in [5, 5.41) is 3.79. The molecule has 2 unspecified atom stereocenters. The number of hydrogen-bond donors (Lipinski definition) is 0. The highest BCUT2D eigenvalue weighted by atomic mass is 31.0. The summed E-state index contributed by atoms with van der Waals surface area (Å²) in [5.41, 5.74) is 3.88. The zero-order valence-corrected chi connectivity index (χ0v) is 15.3. The molecular weight excluding hydrogens is 314 g/mol. The number of rotatable bonds is 2. The summed E-state index contributed by atoms with van der Waals surface area (Å²) in [4.78, 5) is 0. The van der Waals surface area contributed by atoms with E-state index in [-0.39, 0.29) is 0 Å². The fraction of sp³-hybridized carbons (Fsp3) is 0.0476. The molecule has 0 aromatic heterocycles. The average molecular weight is 334 g/mol. The van der Waals surface area contributed by atoms with Gasteiger partial charge in [-0.05, 0) is 38.9 Å². The topological polar surface area (TPSA) is 0 Å². The molecule has 0 bridgehead atoms. The fourth-order valence-corrected chi connectivity index (χ4v) is 3.55. The van der Waals surface area contributed by atoms with Crippen LogP contribution in [0, 0.1) is 0 Å². The number of benzene rings is 2. The van der Waals surface area contributed by atoms with Crippen LogP contribution in [-0.4, -0.2) is 0 Å². The van der Waals surface area contributed by atoms with Crippen LogP contribution in [0.25, 0.3) is 21.9 Å². The average Bonchev–Trinajstić information content (AvgIpc) is 2.59. The lowest BCUT2D eigenvalue weighted by molar-refractivity contribution is 1.44. The van der Waals surface area contributed by atoms with Gasteiger partial charge >= 0.3 is 0 Å². The van der Waals surface area contributed by atoms with Crippen LogP contribution in [0.5, 0.6) is 0 Å². The molecule has 0 aliphatic heterocycles. The second-order valence-corrected chi connectivity index (χ2v) is 6.41. The van der Waals surface area contributed by atoms with E-state index in [1.54, 1.807) is 0 Å². The predicted molar refractivity (Wildman–Crippen MR) is 110 cm³/mol. The van der Waals surface area contributed by atoms with E-state index in [1.165, 1.54) is 32.8 Å². The molecule has 0 heterocycles. The van der Waals surface area contributed by atoms with Gasteiger partial charge in [0.15, 0.2) is 0 Å². The maximum absolute atomic E-state index is 2.89. The van der Waals surface area contributed by atoms with Gasteiger partial charge in [0, 0.05) is 0 Å². The van der Waals surface area contributed by atoms with Crippen molar-refractivity contribution in [3.63, 3.8) is 0 Å². The quantitative estimate of drug-likeness (QED) is 0.542. The smallest absolute Gasteiger partial charge is 0.00308 e. The van der Waals surface area contributed by atoms with Gasteiger partial charge < -0.3 is 0 Å². The van der Waals surface area contributed by atoms with Gasteiger partial charge in [-0.15, -0.1) is 18.5 Å². The Balaban J connectivity index is 2.41. The fourth-order valence-electron chi connectivity index (χ4n) is 2.79. The van der Waals surface area contributed by atoms with Gasteiger partial charge in [-0.2, -0.15) is 0 Å². The van der Waals surface area contributed by atoms with E-state index < -0.39 is 0 Å². The van der Waals surface area contributed by atoms with Crippen LogP contribution < -0.4 is 5.30 Å². The van der Waals surface area contributed by atoms with Crippen molar-refractivity contribution in [3.05, 3.63) is 90.5 Å². The first kappa shape index (κ1) is 16.1. The second-order valence-electron chi connectivity index (χ2n) is 5.38. The zero-order valence-electron chi connectivity index (χ0n) is 12.9. The van der Waals surface area contributed by atoms with Crippen LogP contribution in [0.4, 0.5) is 0 Å². The van der Waals surface area contributed by atoms with Gasteiger partial charge in [-0.1, -0.05) is 84.9 Å². The number of fused-ring (bicyclic) bond motifs is 1. The molecule has 3 rings (SSSR count). The molecule has 0 N–H and O–H groups in total.